The molecule has 4 aromatic rings. The summed E-state index contributed by atoms with van der Waals surface area (Å²) in [5, 5.41) is 1.98. The van der Waals surface area contributed by atoms with Crippen molar-refractivity contribution in [3.05, 3.63) is 71.2 Å². The molecule has 0 bridgehead atoms. The highest BCUT2D eigenvalue weighted by Crippen LogP contribution is 2.43. The van der Waals surface area contributed by atoms with Crippen molar-refractivity contribution in [1.29, 1.82) is 0 Å². The number of benzene rings is 2. The van der Waals surface area contributed by atoms with Gasteiger partial charge in [0.2, 0.25) is 11.5 Å². The molecule has 2 aliphatic rings. The number of amides is 1. The molecule has 1 saturated heterocycles. The summed E-state index contributed by atoms with van der Waals surface area (Å²) < 4.78 is 79.6. The molecule has 2 aliphatic heterocycles. The van der Waals surface area contributed by atoms with Crippen molar-refractivity contribution >= 4 is 72.1 Å². The van der Waals surface area contributed by atoms with E-state index in [4.69, 9.17) is 9.15 Å². The van der Waals surface area contributed by atoms with E-state index in [0.717, 1.165) is 47.6 Å². The number of carbonyl (C=O) groups excluding carboxylic acids is 1. The van der Waals surface area contributed by atoms with Crippen LogP contribution in [0.25, 0.3) is 27.6 Å². The number of carbonyl (C=O) groups is 1. The van der Waals surface area contributed by atoms with Crippen LogP contribution in [0.3, 0.4) is 0 Å². The van der Waals surface area contributed by atoms with Gasteiger partial charge in [0.05, 0.1) is 17.2 Å². The molecule has 4 heterocycles. The second kappa shape index (κ2) is 15.9. The molecule has 0 atom stereocenters. The van der Waals surface area contributed by atoms with Crippen LogP contribution in [0.5, 0.6) is 5.75 Å². The maximum atomic E-state index is 13.8. The Morgan fingerprint density at radius 2 is 1.66 bits per heavy atom. The van der Waals surface area contributed by atoms with E-state index in [1.165, 1.54) is 0 Å². The predicted octanol–water partition coefficient (Wildman–Crippen LogP) is 5.95. The van der Waals surface area contributed by atoms with Crippen LogP contribution in [0.15, 0.2) is 64.2 Å². The second-order valence-corrected chi connectivity index (χ2v) is 17.6. The van der Waals surface area contributed by atoms with E-state index in [-0.39, 0.29) is 31.8 Å². The summed E-state index contributed by atoms with van der Waals surface area (Å²) in [6, 6.07) is 14.9. The topological polar surface area (TPSA) is 159 Å². The number of oxazole rings is 1. The maximum Gasteiger partial charge on any atom is 0.379 e. The zero-order valence-corrected chi connectivity index (χ0v) is 30.7. The normalized spacial score (nSPS) is 16.9. The van der Waals surface area contributed by atoms with Gasteiger partial charge in [-0.3, -0.25) is 13.9 Å². The SMILES string of the molecule is O=C(c1ccc2oc(C=C3Oc4ccc(-c5cccs5)cc4N3CCCS(=O)(=O)O)[n+](CCCS(=O)(=O)O)c2c1)N1CCCCSCCCC1. The molecule has 6 rings (SSSR count). The van der Waals surface area contributed by atoms with Gasteiger partial charge in [0.1, 0.15) is 6.08 Å². The van der Waals surface area contributed by atoms with Gasteiger partial charge >= 0.3 is 5.89 Å². The third-order valence-corrected chi connectivity index (χ3v) is 12.2. The van der Waals surface area contributed by atoms with E-state index in [2.05, 4.69) is 0 Å². The first-order valence-electron chi connectivity index (χ1n) is 16.5. The fourth-order valence-corrected chi connectivity index (χ4v) is 8.87. The molecule has 0 aliphatic carbocycles. The van der Waals surface area contributed by atoms with Crippen LogP contribution in [0.2, 0.25) is 0 Å². The number of aromatic nitrogens is 1. The van der Waals surface area contributed by atoms with E-state index in [1.807, 2.05) is 57.3 Å². The van der Waals surface area contributed by atoms with Crippen LogP contribution in [0.4, 0.5) is 5.69 Å². The standard InChI is InChI=1S/C34H39N3O9S4/c38-34(35-13-1-3-17-47-18-4-2-14-35)26-10-12-30-28(23-26)37(16-7-21-50(42,43)44)33(46-30)24-32-36(15-6-20-49(39,40)41)27-22-25(9-11-29(27)45-32)31-8-5-19-48-31/h5,8-12,19,22-24H,1-4,6-7,13-18,20-21H2,(H-,39,40,41,42,43,44)/p+1. The number of fused-ring (bicyclic) bond motifs is 2. The fourth-order valence-electron chi connectivity index (χ4n) is 6.14. The first-order valence-corrected chi connectivity index (χ1v) is 21.8. The second-order valence-electron chi connectivity index (χ2n) is 12.3. The molecule has 2 aromatic heterocycles. The zero-order valence-electron chi connectivity index (χ0n) is 27.4. The summed E-state index contributed by atoms with van der Waals surface area (Å²) in [5.41, 5.74) is 3.19. The molecule has 50 heavy (non-hydrogen) atoms. The molecule has 268 valence electrons. The minimum absolute atomic E-state index is 0.0694. The lowest BCUT2D eigenvalue weighted by Gasteiger charge is -2.23. The Morgan fingerprint density at radius 1 is 0.920 bits per heavy atom. The number of anilines is 1. The summed E-state index contributed by atoms with van der Waals surface area (Å²) in [7, 11) is -8.42. The van der Waals surface area contributed by atoms with Gasteiger partial charge < -0.3 is 19.0 Å². The Balaban J connectivity index is 1.37. The van der Waals surface area contributed by atoms with Crippen molar-refractivity contribution in [1.82, 2.24) is 4.90 Å². The fraction of sp³-hybridized carbons (Fsp3) is 0.412. The Labute approximate surface area is 300 Å². The molecule has 1 amide bonds. The van der Waals surface area contributed by atoms with Crippen LogP contribution in [-0.4, -0.2) is 79.4 Å². The van der Waals surface area contributed by atoms with Crippen molar-refractivity contribution in [2.45, 2.75) is 45.1 Å². The smallest absolute Gasteiger partial charge is 0.379 e. The van der Waals surface area contributed by atoms with Gasteiger partial charge in [0.15, 0.2) is 12.3 Å². The highest BCUT2D eigenvalue weighted by Gasteiger charge is 2.31. The Morgan fingerprint density at radius 3 is 2.36 bits per heavy atom. The molecular weight excluding hydrogens is 723 g/mol. The van der Waals surface area contributed by atoms with Gasteiger partial charge in [-0.2, -0.15) is 33.2 Å². The van der Waals surface area contributed by atoms with Gasteiger partial charge in [-0.1, -0.05) is 6.07 Å². The number of hydrogen-bond donors (Lipinski definition) is 2. The average molecular weight is 763 g/mol. The number of thiophene rings is 1. The number of thioether (sulfide) groups is 1. The van der Waals surface area contributed by atoms with Crippen molar-refractivity contribution in [3.8, 4) is 16.2 Å². The lowest BCUT2D eigenvalue weighted by Crippen LogP contribution is -2.37. The van der Waals surface area contributed by atoms with Crippen molar-refractivity contribution in [2.24, 2.45) is 0 Å². The summed E-state index contributed by atoms with van der Waals surface area (Å²) in [5.74, 6) is 2.38. The summed E-state index contributed by atoms with van der Waals surface area (Å²) in [6.45, 7) is 1.69. The zero-order chi connectivity index (χ0) is 35.3. The molecule has 0 saturated carbocycles. The van der Waals surface area contributed by atoms with Crippen molar-refractivity contribution in [3.63, 3.8) is 0 Å². The third kappa shape index (κ3) is 9.27. The van der Waals surface area contributed by atoms with E-state index < -0.39 is 31.7 Å². The van der Waals surface area contributed by atoms with E-state index in [1.54, 1.807) is 40.2 Å². The molecule has 1 fully saturated rings. The van der Waals surface area contributed by atoms with E-state index in [0.29, 0.717) is 53.0 Å². The molecule has 0 unspecified atom stereocenters. The number of aryl methyl sites for hydroxylation is 1. The van der Waals surface area contributed by atoms with Crippen LogP contribution in [0.1, 0.15) is 54.8 Å². The Kier molecular flexibility index (Phi) is 11.5. The van der Waals surface area contributed by atoms with Gasteiger partial charge in [-0.05, 0) is 91.0 Å². The van der Waals surface area contributed by atoms with Crippen LogP contribution in [0, 0.1) is 0 Å². The summed E-state index contributed by atoms with van der Waals surface area (Å²) >= 11 is 3.55. The maximum absolute atomic E-state index is 13.8. The first kappa shape index (κ1) is 36.4. The van der Waals surface area contributed by atoms with Crippen molar-refractivity contribution < 1.29 is 44.5 Å². The van der Waals surface area contributed by atoms with Crippen LogP contribution in [-0.2, 0) is 26.8 Å². The summed E-state index contributed by atoms with van der Waals surface area (Å²) in [6.07, 6.45) is 5.79. The number of ether oxygens (including phenoxy) is 1. The minimum atomic E-state index is -4.23. The Hall–Kier alpha value is -3.41. The highest BCUT2D eigenvalue weighted by molar-refractivity contribution is 7.99. The third-order valence-electron chi connectivity index (χ3n) is 8.55. The van der Waals surface area contributed by atoms with Gasteiger partial charge in [0.25, 0.3) is 31.7 Å². The van der Waals surface area contributed by atoms with E-state index >= 15 is 0 Å². The summed E-state index contributed by atoms with van der Waals surface area (Å²) in [4.78, 5) is 18.5. The van der Waals surface area contributed by atoms with Crippen molar-refractivity contribution in [2.75, 3.05) is 47.5 Å². The molecule has 0 radical (unpaired) electrons. The quantitative estimate of drug-likeness (QED) is 0.137. The molecule has 16 heteroatoms. The monoisotopic (exact) mass is 762 g/mol. The number of hydrogen-bond acceptors (Lipinski definition) is 10. The molecule has 0 spiro atoms. The van der Waals surface area contributed by atoms with Gasteiger partial charge in [0, 0.05) is 42.6 Å². The lowest BCUT2D eigenvalue weighted by atomic mass is 10.1. The highest BCUT2D eigenvalue weighted by atomic mass is 32.2. The van der Waals surface area contributed by atoms with Crippen LogP contribution < -0.4 is 14.2 Å². The molecule has 2 N–H and O–H groups in total. The first-order chi connectivity index (χ1) is 23.9. The molecule has 12 nitrogen and oxygen atoms in total. The minimum Gasteiger partial charge on any atom is -0.438 e. The Bertz CT molecular complexity index is 2070. The molecular formula is C34H40N3O9S4+. The molecule has 2 aromatic carbocycles. The lowest BCUT2D eigenvalue weighted by molar-refractivity contribution is -0.677. The van der Waals surface area contributed by atoms with Gasteiger partial charge in [-0.15, -0.1) is 11.3 Å². The number of rotatable bonds is 11. The largest absolute Gasteiger partial charge is 0.438 e. The number of nitrogens with zero attached hydrogens (tertiary/aromatic N) is 3. The van der Waals surface area contributed by atoms with Crippen LogP contribution >= 0.6 is 23.1 Å². The van der Waals surface area contributed by atoms with Gasteiger partial charge in [-0.25, -0.2) is 0 Å². The average Bonchev–Trinajstić information content (AvgIpc) is 3.80. The van der Waals surface area contributed by atoms with E-state index in [9.17, 15) is 30.7 Å². The predicted molar refractivity (Wildman–Crippen MR) is 196 cm³/mol.